The van der Waals surface area contributed by atoms with E-state index in [1.165, 1.54) is 0 Å². The predicted molar refractivity (Wildman–Crippen MR) is 166 cm³/mol. The van der Waals surface area contributed by atoms with Gasteiger partial charge in [-0.05, 0) is 63.3 Å². The Balaban J connectivity index is 2.30. The van der Waals surface area contributed by atoms with Crippen molar-refractivity contribution in [2.75, 3.05) is 13.2 Å². The highest BCUT2D eigenvalue weighted by molar-refractivity contribution is 6.30. The maximum atomic E-state index is 13.7. The Morgan fingerprint density at radius 2 is 1.44 bits per heavy atom. The Morgan fingerprint density at radius 1 is 0.837 bits per heavy atom. The first-order valence-corrected chi connectivity index (χ1v) is 14.9. The molecule has 0 heterocycles. The van der Waals surface area contributed by atoms with E-state index >= 15 is 0 Å². The standard InChI is InChI=1S/C32H45ClN4O6/c1-7-34-28(39)24(19-38)25(17-22-13-15-23(33)16-14-22)35-30(41)27(20(2)3)37-29(40)26(18-21-11-9-8-10-12-21)36-31(42)43-32(4,5)6/h8-16,20,24-27,38H,7,17-19H2,1-6H3,(H,34,39)(H,35,41)(H,36,42)(H,37,40)/t24?,25-,26-,27-/m0/s1. The zero-order valence-electron chi connectivity index (χ0n) is 25.8. The highest BCUT2D eigenvalue weighted by atomic mass is 35.5. The molecule has 0 bridgehead atoms. The smallest absolute Gasteiger partial charge is 0.408 e. The monoisotopic (exact) mass is 616 g/mol. The first kappa shape index (κ1) is 35.6. The fourth-order valence-electron chi connectivity index (χ4n) is 4.44. The minimum absolute atomic E-state index is 0.168. The van der Waals surface area contributed by atoms with Gasteiger partial charge in [-0.3, -0.25) is 14.4 Å². The molecule has 0 fully saturated rings. The average Bonchev–Trinajstić information content (AvgIpc) is 2.92. The van der Waals surface area contributed by atoms with Gasteiger partial charge >= 0.3 is 6.09 Å². The molecule has 0 radical (unpaired) electrons. The van der Waals surface area contributed by atoms with Gasteiger partial charge in [0.2, 0.25) is 17.7 Å². The molecule has 2 rings (SSSR count). The van der Waals surface area contributed by atoms with Crippen molar-refractivity contribution >= 4 is 35.4 Å². The number of hydrogen-bond acceptors (Lipinski definition) is 6. The maximum absolute atomic E-state index is 13.7. The van der Waals surface area contributed by atoms with Crippen molar-refractivity contribution in [2.45, 2.75) is 78.1 Å². The van der Waals surface area contributed by atoms with Crippen molar-refractivity contribution < 1.29 is 29.0 Å². The van der Waals surface area contributed by atoms with Crippen molar-refractivity contribution in [3.8, 4) is 0 Å². The van der Waals surface area contributed by atoms with Gasteiger partial charge in [0.25, 0.3) is 0 Å². The van der Waals surface area contributed by atoms with Gasteiger partial charge < -0.3 is 31.1 Å². The SMILES string of the molecule is CCNC(=O)C(CO)[C@H](Cc1ccc(Cl)cc1)NC(=O)[C@@H](NC(=O)[C@H](Cc1ccccc1)NC(=O)OC(C)(C)C)C(C)C. The Hall–Kier alpha value is -3.63. The lowest BCUT2D eigenvalue weighted by Crippen LogP contribution is -2.59. The molecule has 4 atom stereocenters. The van der Waals surface area contributed by atoms with Crippen molar-refractivity contribution in [3.63, 3.8) is 0 Å². The van der Waals surface area contributed by atoms with Gasteiger partial charge in [0.15, 0.2) is 0 Å². The highest BCUT2D eigenvalue weighted by Gasteiger charge is 2.34. The summed E-state index contributed by atoms with van der Waals surface area (Å²) in [6, 6.07) is 13.3. The number of nitrogens with one attached hydrogen (secondary N) is 4. The summed E-state index contributed by atoms with van der Waals surface area (Å²) in [5, 5.41) is 21.7. The van der Waals surface area contributed by atoms with E-state index in [1.54, 1.807) is 65.8 Å². The van der Waals surface area contributed by atoms with Crippen molar-refractivity contribution in [3.05, 3.63) is 70.7 Å². The molecule has 2 aromatic carbocycles. The van der Waals surface area contributed by atoms with Crippen LogP contribution in [0.15, 0.2) is 54.6 Å². The molecule has 4 amide bonds. The summed E-state index contributed by atoms with van der Waals surface area (Å²) in [6.07, 6.45) is -0.354. The normalized spacial score (nSPS) is 14.2. The third-order valence-corrected chi connectivity index (χ3v) is 6.86. The van der Waals surface area contributed by atoms with Gasteiger partial charge in [-0.2, -0.15) is 0 Å². The second-order valence-electron chi connectivity index (χ2n) is 11.7. The van der Waals surface area contributed by atoms with E-state index in [0.29, 0.717) is 11.6 Å². The first-order chi connectivity index (χ1) is 20.2. The minimum Gasteiger partial charge on any atom is -0.444 e. The summed E-state index contributed by atoms with van der Waals surface area (Å²) >= 11 is 6.03. The summed E-state index contributed by atoms with van der Waals surface area (Å²) in [5.41, 5.74) is 0.831. The summed E-state index contributed by atoms with van der Waals surface area (Å²) in [4.78, 5) is 52.7. The third-order valence-electron chi connectivity index (χ3n) is 6.60. The zero-order chi connectivity index (χ0) is 32.2. The lowest BCUT2D eigenvalue weighted by atomic mass is 9.92. The predicted octanol–water partition coefficient (Wildman–Crippen LogP) is 3.39. The number of amides is 4. The molecule has 0 aliphatic heterocycles. The largest absolute Gasteiger partial charge is 0.444 e. The number of benzene rings is 2. The summed E-state index contributed by atoms with van der Waals surface area (Å²) in [6.45, 7) is 10.3. The molecule has 0 saturated carbocycles. The number of ether oxygens (including phenoxy) is 1. The fraction of sp³-hybridized carbons (Fsp3) is 0.500. The van der Waals surface area contributed by atoms with Crippen LogP contribution in [0.5, 0.6) is 0 Å². The van der Waals surface area contributed by atoms with Gasteiger partial charge in [0, 0.05) is 24.0 Å². The molecule has 0 aliphatic carbocycles. The number of carbonyl (C=O) groups excluding carboxylic acids is 4. The first-order valence-electron chi connectivity index (χ1n) is 14.5. The Labute approximate surface area is 259 Å². The fourth-order valence-corrected chi connectivity index (χ4v) is 4.56. The van der Waals surface area contributed by atoms with Crippen LogP contribution in [0.1, 0.15) is 52.7 Å². The van der Waals surface area contributed by atoms with Crippen molar-refractivity contribution in [1.82, 2.24) is 21.3 Å². The van der Waals surface area contributed by atoms with E-state index < -0.39 is 60.1 Å². The van der Waals surface area contributed by atoms with Crippen LogP contribution in [0.3, 0.4) is 0 Å². The molecule has 0 aliphatic rings. The Bertz CT molecular complexity index is 1200. The number of hydrogen-bond donors (Lipinski definition) is 5. The second-order valence-corrected chi connectivity index (χ2v) is 12.2. The van der Waals surface area contributed by atoms with E-state index in [4.69, 9.17) is 16.3 Å². The molecule has 10 nitrogen and oxygen atoms in total. The molecule has 2 aromatic rings. The molecule has 0 aromatic heterocycles. The van der Waals surface area contributed by atoms with Gasteiger partial charge in [-0.1, -0.05) is 67.9 Å². The number of alkyl carbamates (subject to hydrolysis) is 1. The molecule has 0 saturated heterocycles. The topological polar surface area (TPSA) is 146 Å². The van der Waals surface area contributed by atoms with Gasteiger partial charge in [-0.25, -0.2) is 4.79 Å². The van der Waals surface area contributed by atoms with Crippen molar-refractivity contribution in [2.24, 2.45) is 11.8 Å². The van der Waals surface area contributed by atoms with Crippen LogP contribution < -0.4 is 21.3 Å². The lowest BCUT2D eigenvalue weighted by molar-refractivity contribution is -0.133. The van der Waals surface area contributed by atoms with E-state index in [-0.39, 0.29) is 18.8 Å². The molecule has 5 N–H and O–H groups in total. The number of carbonyl (C=O) groups is 4. The van der Waals surface area contributed by atoms with Crippen LogP contribution in [-0.2, 0) is 32.0 Å². The van der Waals surface area contributed by atoms with E-state index in [1.807, 2.05) is 30.3 Å². The van der Waals surface area contributed by atoms with Crippen LogP contribution in [0.25, 0.3) is 0 Å². The minimum atomic E-state index is -1.03. The zero-order valence-corrected chi connectivity index (χ0v) is 26.5. The summed E-state index contributed by atoms with van der Waals surface area (Å²) in [5.74, 6) is -2.79. The van der Waals surface area contributed by atoms with Gasteiger partial charge in [0.1, 0.15) is 17.7 Å². The maximum Gasteiger partial charge on any atom is 0.408 e. The number of halogens is 1. The molecular weight excluding hydrogens is 572 g/mol. The van der Waals surface area contributed by atoms with Gasteiger partial charge in [-0.15, -0.1) is 0 Å². The van der Waals surface area contributed by atoms with E-state index in [0.717, 1.165) is 11.1 Å². The van der Waals surface area contributed by atoms with Crippen LogP contribution in [-0.4, -0.2) is 65.8 Å². The molecule has 11 heteroatoms. The van der Waals surface area contributed by atoms with Crippen LogP contribution >= 0.6 is 11.6 Å². The van der Waals surface area contributed by atoms with E-state index in [2.05, 4.69) is 21.3 Å². The highest BCUT2D eigenvalue weighted by Crippen LogP contribution is 2.16. The summed E-state index contributed by atoms with van der Waals surface area (Å²) in [7, 11) is 0. The van der Waals surface area contributed by atoms with Crippen molar-refractivity contribution in [1.29, 1.82) is 0 Å². The van der Waals surface area contributed by atoms with Crippen LogP contribution in [0, 0.1) is 11.8 Å². The average molecular weight is 617 g/mol. The summed E-state index contributed by atoms with van der Waals surface area (Å²) < 4.78 is 5.37. The van der Waals surface area contributed by atoms with Gasteiger partial charge in [0.05, 0.1) is 12.5 Å². The van der Waals surface area contributed by atoms with Crippen LogP contribution in [0.2, 0.25) is 5.02 Å². The quantitative estimate of drug-likeness (QED) is 0.220. The number of aliphatic hydroxyl groups is 1. The third kappa shape index (κ3) is 12.2. The molecule has 43 heavy (non-hydrogen) atoms. The lowest BCUT2D eigenvalue weighted by Gasteiger charge is -2.30. The van der Waals surface area contributed by atoms with Crippen LogP contribution in [0.4, 0.5) is 4.79 Å². The van der Waals surface area contributed by atoms with E-state index in [9.17, 15) is 24.3 Å². The molecule has 1 unspecified atom stereocenters. The molecule has 236 valence electrons. The molecular formula is C32H45ClN4O6. The Kier molecular flexibility index (Phi) is 13.9. The Morgan fingerprint density at radius 3 is 1.98 bits per heavy atom. The second kappa shape index (κ2) is 16.9. The molecule has 0 spiro atoms. The number of aliphatic hydroxyl groups excluding tert-OH is 1. The number of rotatable bonds is 14.